The Bertz CT molecular complexity index is 573. The lowest BCUT2D eigenvalue weighted by atomic mass is 9.96. The first-order chi connectivity index (χ1) is 9.85. The number of hydrogen-bond donors (Lipinski definition) is 1. The van der Waals surface area contributed by atoms with Crippen LogP contribution in [0.4, 0.5) is 0 Å². The number of nitrogens with one attached hydrogen (secondary N) is 1. The zero-order chi connectivity index (χ0) is 13.8. The molecular formula is C18H23NO. The number of benzene rings is 2. The van der Waals surface area contributed by atoms with E-state index in [1.54, 1.807) is 0 Å². The summed E-state index contributed by atoms with van der Waals surface area (Å²) in [5, 5.41) is 2.53. The quantitative estimate of drug-likeness (QED) is 0.818. The summed E-state index contributed by atoms with van der Waals surface area (Å²) in [7, 11) is 0. The second-order valence-corrected chi connectivity index (χ2v) is 5.75. The molecule has 0 atom stereocenters. The molecule has 1 N–H and O–H groups in total. The summed E-state index contributed by atoms with van der Waals surface area (Å²) in [6.45, 7) is 2.19. The fourth-order valence-electron chi connectivity index (χ4n) is 2.93. The Labute approximate surface area is 121 Å². The van der Waals surface area contributed by atoms with Gasteiger partial charge in [-0.25, -0.2) is 0 Å². The molecule has 2 aromatic carbocycles. The van der Waals surface area contributed by atoms with Crippen molar-refractivity contribution in [1.29, 1.82) is 0 Å². The van der Waals surface area contributed by atoms with Crippen molar-refractivity contribution >= 4 is 10.8 Å². The fraction of sp³-hybridized carbons (Fsp3) is 0.444. The van der Waals surface area contributed by atoms with Crippen molar-refractivity contribution in [3.63, 3.8) is 0 Å². The number of hydrogen-bond acceptors (Lipinski definition) is 2. The second kappa shape index (κ2) is 6.27. The molecule has 0 bridgehead atoms. The van der Waals surface area contributed by atoms with Crippen molar-refractivity contribution in [1.82, 2.24) is 5.48 Å². The van der Waals surface area contributed by atoms with E-state index in [9.17, 15) is 0 Å². The fourth-order valence-corrected chi connectivity index (χ4v) is 2.93. The van der Waals surface area contributed by atoms with E-state index in [4.69, 9.17) is 4.84 Å². The highest BCUT2D eigenvalue weighted by Crippen LogP contribution is 2.23. The van der Waals surface area contributed by atoms with Crippen molar-refractivity contribution in [2.75, 3.05) is 0 Å². The summed E-state index contributed by atoms with van der Waals surface area (Å²) in [4.78, 5) is 5.76. The van der Waals surface area contributed by atoms with E-state index in [1.807, 2.05) is 0 Å². The number of hydroxylamine groups is 1. The van der Waals surface area contributed by atoms with E-state index in [1.165, 1.54) is 48.4 Å². The minimum atomic E-state index is 0.516. The maximum atomic E-state index is 5.76. The molecule has 0 aromatic heterocycles. The molecule has 2 heteroatoms. The topological polar surface area (TPSA) is 21.3 Å². The average molecular weight is 269 g/mol. The van der Waals surface area contributed by atoms with Crippen LogP contribution in [0.5, 0.6) is 5.75 Å². The van der Waals surface area contributed by atoms with Crippen LogP contribution < -0.4 is 10.3 Å². The van der Waals surface area contributed by atoms with Gasteiger partial charge in [-0.3, -0.25) is 0 Å². The monoisotopic (exact) mass is 269 g/mol. The minimum Gasteiger partial charge on any atom is -0.408 e. The normalized spacial score (nSPS) is 16.4. The first-order valence-electron chi connectivity index (χ1n) is 7.80. The van der Waals surface area contributed by atoms with Gasteiger partial charge in [0.2, 0.25) is 0 Å². The summed E-state index contributed by atoms with van der Waals surface area (Å²) < 4.78 is 0. The summed E-state index contributed by atoms with van der Waals surface area (Å²) in [5.74, 6) is 0.910. The Morgan fingerprint density at radius 1 is 1.00 bits per heavy atom. The van der Waals surface area contributed by atoms with E-state index in [0.29, 0.717) is 6.04 Å². The molecule has 106 valence electrons. The Hall–Kier alpha value is -1.54. The van der Waals surface area contributed by atoms with Crippen LogP contribution in [-0.4, -0.2) is 6.04 Å². The van der Waals surface area contributed by atoms with Crippen molar-refractivity contribution in [2.45, 2.75) is 51.5 Å². The molecule has 0 amide bonds. The highest BCUT2D eigenvalue weighted by molar-refractivity contribution is 5.84. The van der Waals surface area contributed by atoms with Crippen LogP contribution in [0.2, 0.25) is 0 Å². The van der Waals surface area contributed by atoms with Gasteiger partial charge < -0.3 is 4.84 Å². The van der Waals surface area contributed by atoms with Crippen molar-refractivity contribution in [3.05, 3.63) is 42.0 Å². The van der Waals surface area contributed by atoms with Crippen LogP contribution in [0.1, 0.15) is 44.6 Å². The standard InChI is InChI=1S/C18H23NO/c1-2-14-8-9-16-13-18(11-10-15(16)12-14)20-19-17-6-4-3-5-7-17/h8-13,17,19H,2-7H2,1H3. The van der Waals surface area contributed by atoms with E-state index in [-0.39, 0.29) is 0 Å². The first kappa shape index (κ1) is 13.4. The molecule has 20 heavy (non-hydrogen) atoms. The molecule has 1 fully saturated rings. The van der Waals surface area contributed by atoms with Crippen LogP contribution in [0.3, 0.4) is 0 Å². The molecule has 0 heterocycles. The molecule has 0 spiro atoms. The van der Waals surface area contributed by atoms with Gasteiger partial charge in [-0.2, -0.15) is 5.48 Å². The maximum absolute atomic E-state index is 5.76. The van der Waals surface area contributed by atoms with Crippen LogP contribution >= 0.6 is 0 Å². The van der Waals surface area contributed by atoms with Gasteiger partial charge in [0.15, 0.2) is 0 Å². The molecule has 0 aliphatic heterocycles. The van der Waals surface area contributed by atoms with Crippen LogP contribution in [-0.2, 0) is 6.42 Å². The molecule has 2 nitrogen and oxygen atoms in total. The molecule has 0 unspecified atom stereocenters. The van der Waals surface area contributed by atoms with Crippen molar-refractivity contribution in [2.24, 2.45) is 0 Å². The molecule has 1 aliphatic carbocycles. The Morgan fingerprint density at radius 3 is 2.55 bits per heavy atom. The van der Waals surface area contributed by atoms with Gasteiger partial charge >= 0.3 is 0 Å². The predicted octanol–water partition coefficient (Wildman–Crippen LogP) is 4.62. The average Bonchev–Trinajstić information content (AvgIpc) is 2.53. The molecule has 2 aromatic rings. The van der Waals surface area contributed by atoms with Gasteiger partial charge in [0.25, 0.3) is 0 Å². The zero-order valence-corrected chi connectivity index (χ0v) is 12.2. The van der Waals surface area contributed by atoms with E-state index in [0.717, 1.165) is 12.2 Å². The molecule has 0 radical (unpaired) electrons. The Balaban J connectivity index is 1.69. The SMILES string of the molecule is CCc1ccc2cc(ONC3CCCCC3)ccc2c1. The van der Waals surface area contributed by atoms with Gasteiger partial charge in [0.1, 0.15) is 5.75 Å². The third-order valence-corrected chi connectivity index (χ3v) is 4.23. The minimum absolute atomic E-state index is 0.516. The largest absolute Gasteiger partial charge is 0.408 e. The van der Waals surface area contributed by atoms with Gasteiger partial charge in [0, 0.05) is 6.04 Å². The van der Waals surface area contributed by atoms with E-state index >= 15 is 0 Å². The van der Waals surface area contributed by atoms with Crippen LogP contribution in [0.15, 0.2) is 36.4 Å². The summed E-state index contributed by atoms with van der Waals surface area (Å²) >= 11 is 0. The molecule has 1 aliphatic rings. The Kier molecular flexibility index (Phi) is 4.22. The van der Waals surface area contributed by atoms with Gasteiger partial charge in [0.05, 0.1) is 0 Å². The highest BCUT2D eigenvalue weighted by atomic mass is 16.6. The third kappa shape index (κ3) is 3.13. The number of fused-ring (bicyclic) bond motifs is 1. The lowest BCUT2D eigenvalue weighted by Crippen LogP contribution is -2.33. The summed E-state index contributed by atoms with van der Waals surface area (Å²) in [6, 6.07) is 13.5. The third-order valence-electron chi connectivity index (χ3n) is 4.23. The van der Waals surface area contributed by atoms with Gasteiger partial charge in [-0.15, -0.1) is 0 Å². The van der Waals surface area contributed by atoms with Gasteiger partial charge in [-0.05, 0) is 47.7 Å². The maximum Gasteiger partial charge on any atom is 0.147 e. The highest BCUT2D eigenvalue weighted by Gasteiger charge is 2.13. The van der Waals surface area contributed by atoms with E-state index < -0.39 is 0 Å². The van der Waals surface area contributed by atoms with Crippen molar-refractivity contribution in [3.8, 4) is 5.75 Å². The van der Waals surface area contributed by atoms with Crippen LogP contribution in [0.25, 0.3) is 10.8 Å². The lowest BCUT2D eigenvalue weighted by Gasteiger charge is -2.22. The number of rotatable bonds is 4. The summed E-state index contributed by atoms with van der Waals surface area (Å²) in [5.41, 5.74) is 4.61. The molecular weight excluding hydrogens is 246 g/mol. The lowest BCUT2D eigenvalue weighted by molar-refractivity contribution is 0.133. The first-order valence-corrected chi connectivity index (χ1v) is 7.80. The summed E-state index contributed by atoms with van der Waals surface area (Å²) in [6.07, 6.45) is 7.54. The zero-order valence-electron chi connectivity index (χ0n) is 12.2. The van der Waals surface area contributed by atoms with Gasteiger partial charge in [-0.1, -0.05) is 50.5 Å². The predicted molar refractivity (Wildman–Crippen MR) is 84.0 cm³/mol. The Morgan fingerprint density at radius 2 is 1.75 bits per heavy atom. The molecule has 3 rings (SSSR count). The smallest absolute Gasteiger partial charge is 0.147 e. The van der Waals surface area contributed by atoms with Crippen LogP contribution in [0, 0.1) is 0 Å². The number of aryl methyl sites for hydroxylation is 1. The molecule has 0 saturated heterocycles. The second-order valence-electron chi connectivity index (χ2n) is 5.75. The van der Waals surface area contributed by atoms with E-state index in [2.05, 4.69) is 48.8 Å². The van der Waals surface area contributed by atoms with Crippen molar-refractivity contribution < 1.29 is 4.84 Å². The molecule has 1 saturated carbocycles.